The maximum Gasteiger partial charge on any atom is 0.243 e. The van der Waals surface area contributed by atoms with E-state index in [4.69, 9.17) is 4.42 Å². The van der Waals surface area contributed by atoms with Gasteiger partial charge in [-0.25, -0.2) is 9.37 Å². The number of carbonyl (C=O) groups is 2. The third kappa shape index (κ3) is 5.51. The van der Waals surface area contributed by atoms with Gasteiger partial charge in [-0.1, -0.05) is 12.1 Å². The van der Waals surface area contributed by atoms with Gasteiger partial charge in [-0.15, -0.1) is 0 Å². The first kappa shape index (κ1) is 20.3. The molecule has 7 heteroatoms. The monoisotopic (exact) mass is 395 g/mol. The summed E-state index contributed by atoms with van der Waals surface area (Å²) in [5, 5.41) is 5.38. The van der Waals surface area contributed by atoms with E-state index in [0.717, 1.165) is 16.8 Å². The third-order valence-corrected chi connectivity index (χ3v) is 4.57. The number of halogens is 1. The molecule has 0 spiro atoms. The molecular formula is C22H22FN3O3. The number of nitrogens with one attached hydrogen (secondary N) is 2. The molecule has 150 valence electrons. The highest BCUT2D eigenvalue weighted by Gasteiger charge is 2.11. The summed E-state index contributed by atoms with van der Waals surface area (Å²) in [6, 6.07) is 11.5. The lowest BCUT2D eigenvalue weighted by Gasteiger charge is -2.10. The lowest BCUT2D eigenvalue weighted by molar-refractivity contribution is -0.124. The standard InChI is InChI=1S/C22H22FN3O3/c1-14-4-3-5-18(15(14)2)26-21(28)13-24-20(27)10-11-22-25-12-19(29-22)16-6-8-17(23)9-7-16/h3-9,12H,10-11,13H2,1-2H3,(H,24,27)(H,26,28). The van der Waals surface area contributed by atoms with Crippen LogP contribution in [-0.4, -0.2) is 23.3 Å². The molecule has 0 aliphatic carbocycles. The molecule has 0 atom stereocenters. The van der Waals surface area contributed by atoms with Gasteiger partial charge in [0.2, 0.25) is 11.8 Å². The van der Waals surface area contributed by atoms with Gasteiger partial charge in [0.05, 0.1) is 12.7 Å². The molecule has 0 bridgehead atoms. The number of aryl methyl sites for hydroxylation is 2. The Kier molecular flexibility index (Phi) is 6.39. The molecule has 2 N–H and O–H groups in total. The van der Waals surface area contributed by atoms with Gasteiger partial charge in [-0.2, -0.15) is 0 Å². The Morgan fingerprint density at radius 2 is 1.83 bits per heavy atom. The first-order chi connectivity index (χ1) is 13.9. The number of carbonyl (C=O) groups excluding carboxylic acids is 2. The molecule has 3 rings (SSSR count). The highest BCUT2D eigenvalue weighted by atomic mass is 19.1. The second-order valence-corrected chi connectivity index (χ2v) is 6.70. The van der Waals surface area contributed by atoms with Crippen LogP contribution in [0.15, 0.2) is 53.1 Å². The maximum absolute atomic E-state index is 13.0. The fourth-order valence-corrected chi connectivity index (χ4v) is 2.74. The molecule has 0 unspecified atom stereocenters. The number of rotatable bonds is 7. The third-order valence-electron chi connectivity index (χ3n) is 4.57. The van der Waals surface area contributed by atoms with Crippen LogP contribution in [0.2, 0.25) is 0 Å². The zero-order valence-electron chi connectivity index (χ0n) is 16.3. The lowest BCUT2D eigenvalue weighted by atomic mass is 10.1. The number of aromatic nitrogens is 1. The molecule has 2 aromatic carbocycles. The summed E-state index contributed by atoms with van der Waals surface area (Å²) >= 11 is 0. The number of hydrogen-bond donors (Lipinski definition) is 2. The van der Waals surface area contributed by atoms with E-state index >= 15 is 0 Å². The zero-order chi connectivity index (χ0) is 20.8. The normalized spacial score (nSPS) is 10.6. The van der Waals surface area contributed by atoms with Gasteiger partial charge in [0.15, 0.2) is 11.7 Å². The fraction of sp³-hybridized carbons (Fsp3) is 0.227. The van der Waals surface area contributed by atoms with E-state index in [2.05, 4.69) is 15.6 Å². The van der Waals surface area contributed by atoms with Crippen molar-refractivity contribution < 1.29 is 18.4 Å². The van der Waals surface area contributed by atoms with Gasteiger partial charge < -0.3 is 15.1 Å². The molecule has 2 amide bonds. The molecule has 3 aromatic rings. The van der Waals surface area contributed by atoms with Crippen molar-refractivity contribution in [1.29, 1.82) is 0 Å². The van der Waals surface area contributed by atoms with Crippen molar-refractivity contribution in [2.75, 3.05) is 11.9 Å². The van der Waals surface area contributed by atoms with E-state index in [1.54, 1.807) is 12.1 Å². The van der Waals surface area contributed by atoms with Crippen molar-refractivity contribution in [2.45, 2.75) is 26.7 Å². The highest BCUT2D eigenvalue weighted by Crippen LogP contribution is 2.21. The Labute approximate surface area is 168 Å². The van der Waals surface area contributed by atoms with Gasteiger partial charge in [0, 0.05) is 24.1 Å². The molecule has 6 nitrogen and oxygen atoms in total. The van der Waals surface area contributed by atoms with Crippen LogP contribution in [0.5, 0.6) is 0 Å². The van der Waals surface area contributed by atoms with Crippen molar-refractivity contribution >= 4 is 17.5 Å². The van der Waals surface area contributed by atoms with Gasteiger partial charge in [-0.3, -0.25) is 9.59 Å². The van der Waals surface area contributed by atoms with Gasteiger partial charge in [0.1, 0.15) is 5.82 Å². The van der Waals surface area contributed by atoms with Crippen molar-refractivity contribution in [3.8, 4) is 11.3 Å². The van der Waals surface area contributed by atoms with Crippen LogP contribution in [0.1, 0.15) is 23.4 Å². The van der Waals surface area contributed by atoms with Crippen LogP contribution < -0.4 is 10.6 Å². The van der Waals surface area contributed by atoms with Crippen LogP contribution in [0.4, 0.5) is 10.1 Å². The van der Waals surface area contributed by atoms with E-state index in [-0.39, 0.29) is 30.6 Å². The Bertz CT molecular complexity index is 1010. The summed E-state index contributed by atoms with van der Waals surface area (Å²) in [7, 11) is 0. The Balaban J connectivity index is 1.45. The summed E-state index contributed by atoms with van der Waals surface area (Å²) in [5.74, 6) is 0.0174. The van der Waals surface area contributed by atoms with Crippen LogP contribution >= 0.6 is 0 Å². The van der Waals surface area contributed by atoms with E-state index in [1.165, 1.54) is 18.3 Å². The Morgan fingerprint density at radius 1 is 1.07 bits per heavy atom. The molecule has 29 heavy (non-hydrogen) atoms. The number of hydrogen-bond acceptors (Lipinski definition) is 4. The Hall–Kier alpha value is -3.48. The number of benzene rings is 2. The van der Waals surface area contributed by atoms with Crippen LogP contribution in [-0.2, 0) is 16.0 Å². The minimum atomic E-state index is -0.327. The minimum Gasteiger partial charge on any atom is -0.441 e. The topological polar surface area (TPSA) is 84.2 Å². The number of anilines is 1. The fourth-order valence-electron chi connectivity index (χ4n) is 2.74. The molecular weight excluding hydrogens is 373 g/mol. The molecule has 0 saturated carbocycles. The molecule has 0 saturated heterocycles. The van der Waals surface area contributed by atoms with Crippen LogP contribution in [0.25, 0.3) is 11.3 Å². The average molecular weight is 395 g/mol. The number of amides is 2. The molecule has 0 radical (unpaired) electrons. The quantitative estimate of drug-likeness (QED) is 0.638. The van der Waals surface area contributed by atoms with E-state index in [0.29, 0.717) is 23.6 Å². The van der Waals surface area contributed by atoms with E-state index < -0.39 is 0 Å². The summed E-state index contributed by atoms with van der Waals surface area (Å²) in [6.45, 7) is 3.79. The molecule has 1 aromatic heterocycles. The maximum atomic E-state index is 13.0. The zero-order valence-corrected chi connectivity index (χ0v) is 16.3. The number of nitrogens with zero attached hydrogens (tertiary/aromatic N) is 1. The smallest absolute Gasteiger partial charge is 0.243 e. The van der Waals surface area contributed by atoms with Crippen LogP contribution in [0, 0.1) is 19.7 Å². The lowest BCUT2D eigenvalue weighted by Crippen LogP contribution is -2.33. The van der Waals surface area contributed by atoms with E-state index in [9.17, 15) is 14.0 Å². The largest absolute Gasteiger partial charge is 0.441 e. The molecule has 1 heterocycles. The van der Waals surface area contributed by atoms with Crippen molar-refractivity contribution in [2.24, 2.45) is 0 Å². The summed E-state index contributed by atoms with van der Waals surface area (Å²) in [6.07, 6.45) is 1.98. The van der Waals surface area contributed by atoms with Gasteiger partial charge >= 0.3 is 0 Å². The van der Waals surface area contributed by atoms with Gasteiger partial charge in [0.25, 0.3) is 0 Å². The second kappa shape index (κ2) is 9.14. The highest BCUT2D eigenvalue weighted by molar-refractivity contribution is 5.95. The van der Waals surface area contributed by atoms with Crippen LogP contribution in [0.3, 0.4) is 0 Å². The minimum absolute atomic E-state index is 0.112. The van der Waals surface area contributed by atoms with Gasteiger partial charge in [-0.05, 0) is 55.3 Å². The van der Waals surface area contributed by atoms with E-state index in [1.807, 2.05) is 32.0 Å². The van der Waals surface area contributed by atoms with Crippen molar-refractivity contribution in [3.05, 3.63) is 71.5 Å². The summed E-state index contributed by atoms with van der Waals surface area (Å²) in [5.41, 5.74) is 3.51. The number of oxazole rings is 1. The molecule has 0 fully saturated rings. The first-order valence-corrected chi connectivity index (χ1v) is 9.26. The second-order valence-electron chi connectivity index (χ2n) is 6.70. The molecule has 0 aliphatic rings. The summed E-state index contributed by atoms with van der Waals surface area (Å²) < 4.78 is 18.6. The average Bonchev–Trinajstić information content (AvgIpc) is 3.18. The predicted octanol–water partition coefficient (Wildman–Crippen LogP) is 3.79. The SMILES string of the molecule is Cc1cccc(NC(=O)CNC(=O)CCc2ncc(-c3ccc(F)cc3)o2)c1C. The van der Waals surface area contributed by atoms with Crippen molar-refractivity contribution in [3.63, 3.8) is 0 Å². The summed E-state index contributed by atoms with van der Waals surface area (Å²) in [4.78, 5) is 28.2. The Morgan fingerprint density at radius 3 is 2.59 bits per heavy atom. The molecule has 0 aliphatic heterocycles. The first-order valence-electron chi connectivity index (χ1n) is 9.26. The predicted molar refractivity (Wildman–Crippen MR) is 108 cm³/mol. The van der Waals surface area contributed by atoms with Crippen molar-refractivity contribution in [1.82, 2.24) is 10.3 Å².